The predicted molar refractivity (Wildman–Crippen MR) is 120 cm³/mol. The molecule has 0 saturated carbocycles. The molecule has 6 nitrogen and oxygen atoms in total. The van der Waals surface area contributed by atoms with Gasteiger partial charge < -0.3 is 14.6 Å². The van der Waals surface area contributed by atoms with Crippen LogP contribution < -0.4 is 4.74 Å². The van der Waals surface area contributed by atoms with Gasteiger partial charge in [-0.05, 0) is 63.5 Å². The number of carbonyl (C=O) groups is 1. The van der Waals surface area contributed by atoms with Gasteiger partial charge in [0.05, 0.1) is 6.20 Å². The second-order valence-electron chi connectivity index (χ2n) is 8.37. The molecule has 1 N–H and O–H groups in total. The third kappa shape index (κ3) is 4.18. The number of hydrogen-bond acceptors (Lipinski definition) is 4. The van der Waals surface area contributed by atoms with Crippen LogP contribution in [0.5, 0.6) is 11.5 Å². The topological polar surface area (TPSA) is 62.6 Å². The Morgan fingerprint density at radius 3 is 2.71 bits per heavy atom. The summed E-state index contributed by atoms with van der Waals surface area (Å²) in [4.78, 5) is 16.6. The fourth-order valence-corrected chi connectivity index (χ4v) is 4.08. The van der Waals surface area contributed by atoms with Gasteiger partial charge in [-0.3, -0.25) is 4.79 Å². The van der Waals surface area contributed by atoms with Crippen molar-refractivity contribution in [3.8, 4) is 11.5 Å². The van der Waals surface area contributed by atoms with Crippen molar-refractivity contribution >= 4 is 22.7 Å². The highest BCUT2D eigenvalue weighted by Crippen LogP contribution is 2.33. The number of ether oxygens (including phenoxy) is 1. The fraction of sp³-hybridized carbons (Fsp3) is 0.333. The summed E-state index contributed by atoms with van der Waals surface area (Å²) >= 11 is 0. The number of H-pyrrole nitrogens is 1. The van der Waals surface area contributed by atoms with E-state index in [1.807, 2.05) is 13.8 Å². The van der Waals surface area contributed by atoms with E-state index >= 15 is 0 Å². The number of fused-ring (bicyclic) bond motifs is 2. The van der Waals surface area contributed by atoms with Crippen LogP contribution in [0.4, 0.5) is 4.39 Å². The summed E-state index contributed by atoms with van der Waals surface area (Å²) < 4.78 is 22.1. The van der Waals surface area contributed by atoms with Crippen molar-refractivity contribution in [2.24, 2.45) is 5.92 Å². The normalized spacial score (nSPS) is 16.5. The molecule has 0 spiro atoms. The summed E-state index contributed by atoms with van der Waals surface area (Å²) in [6.07, 6.45) is 5.34. The highest BCUT2D eigenvalue weighted by atomic mass is 19.1. The van der Waals surface area contributed by atoms with Gasteiger partial charge >= 0.3 is 0 Å². The molecule has 162 valence electrons. The summed E-state index contributed by atoms with van der Waals surface area (Å²) in [6.45, 7) is 8.60. The number of halogens is 1. The van der Waals surface area contributed by atoms with E-state index in [4.69, 9.17) is 4.74 Å². The number of carbonyl (C=O) groups excluding carboxylic acids is 1. The highest BCUT2D eigenvalue weighted by molar-refractivity contribution is 5.85. The molecule has 31 heavy (non-hydrogen) atoms. The second-order valence-corrected chi connectivity index (χ2v) is 8.37. The first-order valence-electron chi connectivity index (χ1n) is 10.4. The highest BCUT2D eigenvalue weighted by Gasteiger charge is 2.16. The molecule has 0 radical (unpaired) electrons. The molecule has 4 heterocycles. The number of nitrogens with one attached hydrogen (secondary N) is 1. The summed E-state index contributed by atoms with van der Waals surface area (Å²) in [7, 11) is 2.18. The van der Waals surface area contributed by atoms with E-state index < -0.39 is 5.82 Å². The van der Waals surface area contributed by atoms with Crippen molar-refractivity contribution in [2.45, 2.75) is 27.2 Å². The molecule has 5 rings (SSSR count). The number of rotatable bonds is 3. The first kappa shape index (κ1) is 21.1. The maximum Gasteiger partial charge on any atom is 0.175 e. The van der Waals surface area contributed by atoms with Crippen LogP contribution in [0.1, 0.15) is 35.0 Å². The van der Waals surface area contributed by atoms with E-state index in [9.17, 15) is 9.18 Å². The molecule has 1 saturated heterocycles. The summed E-state index contributed by atoms with van der Waals surface area (Å²) in [6, 6.07) is 6.76. The Morgan fingerprint density at radius 1 is 1.26 bits per heavy atom. The largest absolute Gasteiger partial charge is 0.452 e. The van der Waals surface area contributed by atoms with Crippen LogP contribution in [0.2, 0.25) is 0 Å². The Morgan fingerprint density at radius 2 is 2.06 bits per heavy atom. The minimum atomic E-state index is -0.424. The van der Waals surface area contributed by atoms with E-state index in [0.29, 0.717) is 22.2 Å². The van der Waals surface area contributed by atoms with Gasteiger partial charge in [0.2, 0.25) is 0 Å². The Balaban J connectivity index is 0.000000282. The molecule has 1 atom stereocenters. The van der Waals surface area contributed by atoms with Crippen molar-refractivity contribution in [1.29, 1.82) is 0 Å². The van der Waals surface area contributed by atoms with Gasteiger partial charge in [0.1, 0.15) is 5.52 Å². The Hall–Kier alpha value is -3.19. The average Bonchev–Trinajstić information content (AvgIpc) is 3.41. The lowest BCUT2D eigenvalue weighted by Crippen LogP contribution is -2.12. The van der Waals surface area contributed by atoms with Gasteiger partial charge in [-0.1, -0.05) is 6.92 Å². The summed E-state index contributed by atoms with van der Waals surface area (Å²) in [5.74, 6) is 1.10. The SMILES string of the molecule is CC1CCN(C)C1.Cc1cc2c(F)c(Oc3ccnn4cc(C=O)c(C)c34)ccc2[nH]1. The van der Waals surface area contributed by atoms with Crippen molar-refractivity contribution in [3.63, 3.8) is 0 Å². The number of aromatic nitrogens is 3. The molecule has 1 fully saturated rings. The lowest BCUT2D eigenvalue weighted by molar-refractivity contribution is 0.112. The smallest absolute Gasteiger partial charge is 0.175 e. The molecule has 1 aliphatic heterocycles. The Kier molecular flexibility index (Phi) is 5.78. The molecular weight excluding hydrogens is 395 g/mol. The van der Waals surface area contributed by atoms with Crippen LogP contribution in [0.3, 0.4) is 0 Å². The molecule has 4 aromatic rings. The molecule has 1 unspecified atom stereocenters. The fourth-order valence-electron chi connectivity index (χ4n) is 4.08. The van der Waals surface area contributed by atoms with Gasteiger partial charge in [-0.15, -0.1) is 0 Å². The van der Waals surface area contributed by atoms with Crippen LogP contribution >= 0.6 is 0 Å². The number of hydrogen-bond donors (Lipinski definition) is 1. The number of aldehydes is 1. The van der Waals surface area contributed by atoms with Crippen molar-refractivity contribution < 1.29 is 13.9 Å². The number of likely N-dealkylation sites (tertiary alicyclic amines) is 1. The van der Waals surface area contributed by atoms with Gasteiger partial charge in [0, 0.05) is 41.0 Å². The standard InChI is InChI=1S/C18H14FN3O2.C6H13N/c1-10-7-13-14(21-10)3-4-15(17(13)19)24-16-5-6-20-22-8-12(9-23)11(2)18(16)22;1-6-3-4-7(2)5-6/h3-9,21H,1-2H3;6H,3-5H2,1-2H3. The van der Waals surface area contributed by atoms with Gasteiger partial charge in [0.15, 0.2) is 23.6 Å². The minimum absolute atomic E-state index is 0.128. The summed E-state index contributed by atoms with van der Waals surface area (Å²) in [5, 5.41) is 4.65. The number of aromatic amines is 1. The maximum atomic E-state index is 14.7. The zero-order chi connectivity index (χ0) is 22.1. The predicted octanol–water partition coefficient (Wildman–Crippen LogP) is 5.13. The molecule has 1 aliphatic rings. The second kappa shape index (κ2) is 8.51. The zero-order valence-corrected chi connectivity index (χ0v) is 18.3. The average molecular weight is 423 g/mol. The van der Waals surface area contributed by atoms with Crippen LogP contribution in [-0.4, -0.2) is 45.9 Å². The number of benzene rings is 1. The first-order valence-corrected chi connectivity index (χ1v) is 10.4. The van der Waals surface area contributed by atoms with Crippen LogP contribution in [0.25, 0.3) is 16.4 Å². The lowest BCUT2D eigenvalue weighted by Gasteiger charge is -2.09. The summed E-state index contributed by atoms with van der Waals surface area (Å²) in [5.41, 5.74) is 3.51. The molecular formula is C24H27FN4O2. The monoisotopic (exact) mass is 422 g/mol. The maximum absolute atomic E-state index is 14.7. The number of nitrogens with zero attached hydrogens (tertiary/aromatic N) is 3. The lowest BCUT2D eigenvalue weighted by atomic mass is 10.2. The van der Waals surface area contributed by atoms with Gasteiger partial charge in [-0.2, -0.15) is 5.10 Å². The van der Waals surface area contributed by atoms with Crippen LogP contribution in [0, 0.1) is 25.6 Å². The quantitative estimate of drug-likeness (QED) is 0.465. The molecule has 0 aliphatic carbocycles. The van der Waals surface area contributed by atoms with E-state index in [1.54, 1.807) is 41.2 Å². The van der Waals surface area contributed by atoms with Gasteiger partial charge in [0.25, 0.3) is 0 Å². The van der Waals surface area contributed by atoms with E-state index in [-0.39, 0.29) is 5.75 Å². The number of aryl methyl sites for hydroxylation is 2. The van der Waals surface area contributed by atoms with Crippen molar-refractivity contribution in [1.82, 2.24) is 19.5 Å². The first-order chi connectivity index (χ1) is 14.9. The van der Waals surface area contributed by atoms with Crippen LogP contribution in [0.15, 0.2) is 36.7 Å². The molecule has 3 aromatic heterocycles. The molecule has 7 heteroatoms. The van der Waals surface area contributed by atoms with Crippen molar-refractivity contribution in [3.05, 3.63) is 59.3 Å². The Bertz CT molecular complexity index is 1240. The van der Waals surface area contributed by atoms with Gasteiger partial charge in [-0.25, -0.2) is 8.91 Å². The molecule has 1 aromatic carbocycles. The zero-order valence-electron chi connectivity index (χ0n) is 18.3. The Labute approximate surface area is 180 Å². The third-order valence-corrected chi connectivity index (χ3v) is 5.74. The van der Waals surface area contributed by atoms with E-state index in [2.05, 4.69) is 29.0 Å². The van der Waals surface area contributed by atoms with Crippen molar-refractivity contribution in [2.75, 3.05) is 20.1 Å². The van der Waals surface area contributed by atoms with Crippen LogP contribution in [-0.2, 0) is 0 Å². The van der Waals surface area contributed by atoms with E-state index in [1.165, 1.54) is 19.5 Å². The molecule has 0 bridgehead atoms. The minimum Gasteiger partial charge on any atom is -0.452 e. The van der Waals surface area contributed by atoms with E-state index in [0.717, 1.165) is 29.0 Å². The third-order valence-electron chi connectivity index (χ3n) is 5.74. The molecule has 0 amide bonds.